The second kappa shape index (κ2) is 10.5. The predicted molar refractivity (Wildman–Crippen MR) is 138 cm³/mol. The molecule has 188 valence electrons. The van der Waals surface area contributed by atoms with Gasteiger partial charge in [0, 0.05) is 13.1 Å². The van der Waals surface area contributed by atoms with Crippen LogP contribution in [0.1, 0.15) is 38.7 Å². The van der Waals surface area contributed by atoms with Crippen LogP contribution >= 0.6 is 0 Å². The van der Waals surface area contributed by atoms with Crippen LogP contribution in [0.2, 0.25) is 0 Å². The quantitative estimate of drug-likeness (QED) is 0.359. The summed E-state index contributed by atoms with van der Waals surface area (Å²) in [5, 5.41) is 0.501. The predicted octanol–water partition coefficient (Wildman–Crippen LogP) is 4.03. The number of esters is 1. The minimum absolute atomic E-state index is 0.0947. The highest BCUT2D eigenvalue weighted by Gasteiger charge is 2.27. The van der Waals surface area contributed by atoms with Crippen molar-refractivity contribution in [2.24, 2.45) is 5.92 Å². The molecule has 0 aliphatic carbocycles. The van der Waals surface area contributed by atoms with Crippen LogP contribution in [0.15, 0.2) is 41.5 Å². The third-order valence-electron chi connectivity index (χ3n) is 6.54. The largest absolute Gasteiger partial charge is 0.493 e. The number of carbonyl (C=O) groups excluding carboxylic acids is 1. The van der Waals surface area contributed by atoms with Gasteiger partial charge in [0.25, 0.3) is 5.56 Å². The van der Waals surface area contributed by atoms with Crippen molar-refractivity contribution < 1.29 is 14.3 Å². The zero-order chi connectivity index (χ0) is 25.1. The number of rotatable bonds is 8. The molecule has 9 nitrogen and oxygen atoms in total. The van der Waals surface area contributed by atoms with Gasteiger partial charge in [-0.25, -0.2) is 9.97 Å². The second-order valence-corrected chi connectivity index (χ2v) is 9.21. The van der Waals surface area contributed by atoms with Crippen molar-refractivity contribution in [3.63, 3.8) is 0 Å². The highest BCUT2D eigenvalue weighted by atomic mass is 16.5. The molecule has 1 fully saturated rings. The van der Waals surface area contributed by atoms with Crippen molar-refractivity contribution in [1.29, 1.82) is 0 Å². The summed E-state index contributed by atoms with van der Waals surface area (Å²) in [4.78, 5) is 42.6. The number of aromatic nitrogens is 4. The molecule has 1 saturated heterocycles. The molecular formula is C27H31N5O4. The maximum atomic E-state index is 13.0. The summed E-state index contributed by atoms with van der Waals surface area (Å²) in [7, 11) is 0. The fourth-order valence-electron chi connectivity index (χ4n) is 4.80. The van der Waals surface area contributed by atoms with E-state index in [1.165, 1.54) is 0 Å². The van der Waals surface area contributed by atoms with Gasteiger partial charge in [-0.05, 0) is 62.6 Å². The Hall–Kier alpha value is -3.72. The molecule has 36 heavy (non-hydrogen) atoms. The Morgan fingerprint density at radius 3 is 2.92 bits per heavy atom. The minimum Gasteiger partial charge on any atom is -0.493 e. The fraction of sp³-hybridized carbons (Fsp3) is 0.407. The maximum absolute atomic E-state index is 13.0. The number of nitrogens with zero attached hydrogens (tertiary/aromatic N) is 3. The molecule has 2 aromatic carbocycles. The van der Waals surface area contributed by atoms with Crippen LogP contribution in [0, 0.1) is 5.92 Å². The number of hydrogen-bond donors (Lipinski definition) is 2. The number of aromatic amines is 2. The van der Waals surface area contributed by atoms with E-state index in [-0.39, 0.29) is 17.4 Å². The summed E-state index contributed by atoms with van der Waals surface area (Å²) in [5.41, 5.74) is 3.70. The van der Waals surface area contributed by atoms with Gasteiger partial charge >= 0.3 is 5.97 Å². The molecule has 0 spiro atoms. The van der Waals surface area contributed by atoms with Crippen LogP contribution in [-0.2, 0) is 16.1 Å². The lowest BCUT2D eigenvalue weighted by Gasteiger charge is -2.31. The minimum atomic E-state index is -0.216. The SMILES string of the molecule is CCCOc1ccc(CN2CCCC(C(=O)OCC)C2)cc1-c1nc2cc3nc[nH]c3cc2c(=O)[nH]1. The van der Waals surface area contributed by atoms with Crippen molar-refractivity contribution in [3.05, 3.63) is 52.6 Å². The molecule has 2 aromatic heterocycles. The fourth-order valence-corrected chi connectivity index (χ4v) is 4.80. The van der Waals surface area contributed by atoms with E-state index in [1.807, 2.05) is 31.2 Å². The van der Waals surface area contributed by atoms with Crippen molar-refractivity contribution in [3.8, 4) is 17.1 Å². The number of H-pyrrole nitrogens is 2. The number of ether oxygens (including phenoxy) is 2. The maximum Gasteiger partial charge on any atom is 0.310 e. The number of likely N-dealkylation sites (tertiary alicyclic amines) is 1. The number of piperidine rings is 1. The molecule has 2 N–H and O–H groups in total. The Labute approximate surface area is 208 Å². The average molecular weight is 490 g/mol. The average Bonchev–Trinajstić information content (AvgIpc) is 3.34. The van der Waals surface area contributed by atoms with E-state index in [2.05, 4.69) is 26.8 Å². The van der Waals surface area contributed by atoms with Crippen LogP contribution in [0.25, 0.3) is 33.3 Å². The topological polar surface area (TPSA) is 113 Å². The first kappa shape index (κ1) is 24.0. The summed E-state index contributed by atoms with van der Waals surface area (Å²) in [5.74, 6) is 0.920. The van der Waals surface area contributed by atoms with Crippen molar-refractivity contribution in [2.75, 3.05) is 26.3 Å². The molecule has 0 saturated carbocycles. The summed E-state index contributed by atoms with van der Waals surface area (Å²) in [6.45, 7) is 7.13. The number of carbonyl (C=O) groups is 1. The first-order valence-electron chi connectivity index (χ1n) is 12.6. The number of fused-ring (bicyclic) bond motifs is 2. The van der Waals surface area contributed by atoms with Gasteiger partial charge in [0.05, 0.1) is 53.0 Å². The first-order valence-corrected chi connectivity index (χ1v) is 12.6. The van der Waals surface area contributed by atoms with Crippen molar-refractivity contribution >= 4 is 27.9 Å². The zero-order valence-electron chi connectivity index (χ0n) is 20.7. The summed E-state index contributed by atoms with van der Waals surface area (Å²) in [6, 6.07) is 9.59. The Bertz CT molecular complexity index is 1440. The van der Waals surface area contributed by atoms with E-state index < -0.39 is 0 Å². The van der Waals surface area contributed by atoms with E-state index in [1.54, 1.807) is 12.4 Å². The number of benzene rings is 2. The Balaban J connectivity index is 1.48. The summed E-state index contributed by atoms with van der Waals surface area (Å²) >= 11 is 0. The monoisotopic (exact) mass is 489 g/mol. The second-order valence-electron chi connectivity index (χ2n) is 9.21. The highest BCUT2D eigenvalue weighted by Crippen LogP contribution is 2.31. The van der Waals surface area contributed by atoms with Gasteiger partial charge in [-0.15, -0.1) is 0 Å². The summed E-state index contributed by atoms with van der Waals surface area (Å²) < 4.78 is 11.3. The first-order chi connectivity index (χ1) is 17.6. The van der Waals surface area contributed by atoms with Crippen LogP contribution < -0.4 is 10.3 Å². The standard InChI is InChI=1S/C27H31N5O4/c1-3-10-36-24-8-7-17(14-32-9-5-6-18(15-32)27(34)35-4-2)11-20(24)25-30-21-13-23-22(28-16-29-23)12-19(21)26(33)31-25/h7-8,11-13,16,18H,3-6,9-10,14-15H2,1-2H3,(H,28,29)(H,30,31,33). The van der Waals surface area contributed by atoms with E-state index in [0.29, 0.717) is 48.8 Å². The lowest BCUT2D eigenvalue weighted by Crippen LogP contribution is -2.38. The molecule has 1 atom stereocenters. The van der Waals surface area contributed by atoms with Gasteiger partial charge in [-0.2, -0.15) is 0 Å². The number of nitrogens with one attached hydrogen (secondary N) is 2. The van der Waals surface area contributed by atoms with E-state index in [9.17, 15) is 9.59 Å². The summed E-state index contributed by atoms with van der Waals surface area (Å²) in [6.07, 6.45) is 4.28. The molecular weight excluding hydrogens is 458 g/mol. The molecule has 0 bridgehead atoms. The number of imidazole rings is 1. The van der Waals surface area contributed by atoms with Gasteiger partial charge in [-0.3, -0.25) is 14.5 Å². The molecule has 1 unspecified atom stereocenters. The Morgan fingerprint density at radius 2 is 2.08 bits per heavy atom. The van der Waals surface area contributed by atoms with Gasteiger partial charge < -0.3 is 19.4 Å². The highest BCUT2D eigenvalue weighted by molar-refractivity contribution is 5.93. The van der Waals surface area contributed by atoms with Gasteiger partial charge in [0.15, 0.2) is 0 Å². The lowest BCUT2D eigenvalue weighted by molar-refractivity contribution is -0.150. The molecule has 3 heterocycles. The smallest absolute Gasteiger partial charge is 0.310 e. The molecule has 1 aliphatic heterocycles. The van der Waals surface area contributed by atoms with E-state index in [0.717, 1.165) is 48.0 Å². The zero-order valence-corrected chi connectivity index (χ0v) is 20.7. The molecule has 4 aromatic rings. The van der Waals surface area contributed by atoms with E-state index >= 15 is 0 Å². The van der Waals surface area contributed by atoms with Crippen molar-refractivity contribution in [1.82, 2.24) is 24.8 Å². The van der Waals surface area contributed by atoms with Gasteiger partial charge in [0.2, 0.25) is 0 Å². The molecule has 5 rings (SSSR count). The molecule has 9 heteroatoms. The third kappa shape index (κ3) is 4.97. The lowest BCUT2D eigenvalue weighted by atomic mass is 9.97. The van der Waals surface area contributed by atoms with Gasteiger partial charge in [0.1, 0.15) is 11.6 Å². The van der Waals surface area contributed by atoms with E-state index in [4.69, 9.17) is 14.5 Å². The Kier molecular flexibility index (Phi) is 6.99. The van der Waals surface area contributed by atoms with Crippen LogP contribution in [0.4, 0.5) is 0 Å². The number of hydrogen-bond acceptors (Lipinski definition) is 7. The van der Waals surface area contributed by atoms with Crippen LogP contribution in [0.3, 0.4) is 0 Å². The normalized spacial score (nSPS) is 16.4. The van der Waals surface area contributed by atoms with Crippen LogP contribution in [-0.4, -0.2) is 57.1 Å². The molecule has 0 radical (unpaired) electrons. The molecule has 1 aliphatic rings. The molecule has 0 amide bonds. The van der Waals surface area contributed by atoms with Crippen LogP contribution in [0.5, 0.6) is 5.75 Å². The third-order valence-corrected chi connectivity index (χ3v) is 6.54. The Morgan fingerprint density at radius 1 is 1.19 bits per heavy atom. The van der Waals surface area contributed by atoms with Crippen molar-refractivity contribution in [2.45, 2.75) is 39.7 Å². The van der Waals surface area contributed by atoms with Gasteiger partial charge in [-0.1, -0.05) is 13.0 Å².